The summed E-state index contributed by atoms with van der Waals surface area (Å²) in [5, 5.41) is 129. The Kier molecular flexibility index (Phi) is 14.6. The van der Waals surface area contributed by atoms with E-state index in [0.717, 1.165) is 32.1 Å². The highest BCUT2D eigenvalue weighted by Gasteiger charge is 2.69. The second-order valence-electron chi connectivity index (χ2n) is 22.9. The minimum atomic E-state index is -1.85. The van der Waals surface area contributed by atoms with Crippen molar-refractivity contribution in [1.82, 2.24) is 0 Å². The molecular weight excluding hydrogens is 881 g/mol. The van der Waals surface area contributed by atoms with Crippen LogP contribution in [0.3, 0.4) is 0 Å². The summed E-state index contributed by atoms with van der Waals surface area (Å²) < 4.78 is 34.4. The first-order valence-corrected chi connectivity index (χ1v) is 24.6. The summed E-state index contributed by atoms with van der Waals surface area (Å²) in [4.78, 5) is 14.5. The van der Waals surface area contributed by atoms with Crippen LogP contribution in [-0.4, -0.2) is 191 Å². The van der Waals surface area contributed by atoms with Gasteiger partial charge in [-0.05, 0) is 104 Å². The molecule has 3 heterocycles. The van der Waals surface area contributed by atoms with Gasteiger partial charge in [-0.25, -0.2) is 0 Å². The zero-order valence-corrected chi connectivity index (χ0v) is 39.7. The highest BCUT2D eigenvalue weighted by molar-refractivity contribution is 5.73. The molecule has 12 N–H and O–H groups in total. The molecule has 0 aromatic carbocycles. The summed E-state index contributed by atoms with van der Waals surface area (Å²) in [6, 6.07) is 0. The van der Waals surface area contributed by atoms with Gasteiger partial charge in [-0.1, -0.05) is 53.2 Å². The minimum Gasteiger partial charge on any atom is -0.432 e. The third kappa shape index (κ3) is 8.19. The molecule has 384 valence electrons. The number of aliphatic hydroxyl groups is 12. The van der Waals surface area contributed by atoms with Gasteiger partial charge in [-0.3, -0.25) is 4.79 Å². The molecule has 0 bridgehead atoms. The number of aliphatic hydroxyl groups excluding tert-OH is 12. The van der Waals surface area contributed by atoms with Crippen molar-refractivity contribution in [1.29, 1.82) is 0 Å². The van der Waals surface area contributed by atoms with Crippen LogP contribution in [0.1, 0.15) is 93.4 Å². The summed E-state index contributed by atoms with van der Waals surface area (Å²) in [6.07, 6.45) is -18.8. The van der Waals surface area contributed by atoms with Gasteiger partial charge < -0.3 is 89.7 Å². The Balaban J connectivity index is 0.945. The SMILES string of the molecule is C[C@@H]1[C@H]2C3=CC[C@@H]4[C@@]5(C)C[C@@H](O)[C@H](O)[C@@](C)(CO)[C@@H]5CC[C@@]4(C)[C@]3(C)CC[C@@H]2[C@H](C(=O)O[C@@H]2O[C@H](CO[C@@H]3O[C@H](CO)[C@@H](O[C@@H]4O[C@H](C)[C@H](O)[C@@H](O)[C@H]4O)[C@H](O)[C@H]3O)[C@@H](O)[C@H](O)[C@H]2O)C[C@H]1C. The maximum Gasteiger partial charge on any atom is 0.311 e. The third-order valence-electron chi connectivity index (χ3n) is 19.6. The van der Waals surface area contributed by atoms with Crippen LogP contribution < -0.4 is 0 Å². The van der Waals surface area contributed by atoms with E-state index in [1.54, 1.807) is 0 Å². The standard InChI is InChI=1S/C48H78O19/c1-19-14-23(22-10-12-47(6)24(30(22)20(19)2)8-9-29-45(4)15-25(51)40(60)46(5,18-50)28(45)11-13-48(29,47)7)41(61)67-44-37(58)34(55)32(53)27(65-44)17-62-42-38(59)35(56)39(26(16-49)64-42)66-43-36(57)33(54)31(52)21(3)63-43/h8,19-23,25-40,42-44,49-60H,9-18H2,1-7H3/t19-,20+,21-,22-,23-,25-,26-,27-,28-,29-,30-,31+,32-,33-,34+,35-,36-,37-,38-,39-,40+,42-,43+,44+,45+,46+,47-,48-/m1/s1. The van der Waals surface area contributed by atoms with Crippen molar-refractivity contribution >= 4 is 5.97 Å². The van der Waals surface area contributed by atoms with Crippen molar-refractivity contribution in [2.75, 3.05) is 19.8 Å². The number of hydrogen-bond donors (Lipinski definition) is 12. The van der Waals surface area contributed by atoms with E-state index in [9.17, 15) is 66.1 Å². The van der Waals surface area contributed by atoms with Crippen LogP contribution in [0.15, 0.2) is 11.6 Å². The Labute approximate surface area is 392 Å². The number of hydrogen-bond acceptors (Lipinski definition) is 19. The highest BCUT2D eigenvalue weighted by Crippen LogP contribution is 2.74. The summed E-state index contributed by atoms with van der Waals surface area (Å²) in [5.41, 5.74) is -0.206. The molecule has 5 aliphatic carbocycles. The van der Waals surface area contributed by atoms with Crippen LogP contribution in [0.25, 0.3) is 0 Å². The van der Waals surface area contributed by atoms with Crippen molar-refractivity contribution in [3.05, 3.63) is 11.6 Å². The second kappa shape index (κ2) is 18.9. The number of esters is 1. The molecule has 0 spiro atoms. The lowest BCUT2D eigenvalue weighted by molar-refractivity contribution is -0.361. The summed E-state index contributed by atoms with van der Waals surface area (Å²) in [5.74, 6) is -0.685. The lowest BCUT2D eigenvalue weighted by atomic mass is 9.34. The molecule has 0 radical (unpaired) electrons. The molecule has 4 saturated carbocycles. The highest BCUT2D eigenvalue weighted by atomic mass is 16.8. The van der Waals surface area contributed by atoms with E-state index in [0.29, 0.717) is 12.8 Å². The first-order chi connectivity index (χ1) is 31.4. The van der Waals surface area contributed by atoms with E-state index < -0.39 is 135 Å². The zero-order chi connectivity index (χ0) is 49.0. The monoisotopic (exact) mass is 959 g/mol. The van der Waals surface area contributed by atoms with Gasteiger partial charge in [0.25, 0.3) is 0 Å². The number of allylic oxidation sites excluding steroid dienone is 2. The average Bonchev–Trinajstić information content (AvgIpc) is 3.29. The molecule has 67 heavy (non-hydrogen) atoms. The number of carbonyl (C=O) groups is 1. The first-order valence-electron chi connectivity index (χ1n) is 24.6. The van der Waals surface area contributed by atoms with Gasteiger partial charge >= 0.3 is 5.97 Å². The lowest BCUT2D eigenvalue weighted by Crippen LogP contribution is -2.67. The van der Waals surface area contributed by atoms with E-state index >= 15 is 0 Å². The summed E-state index contributed by atoms with van der Waals surface area (Å²) in [6.45, 7) is 13.1. The number of fused-ring (bicyclic) bond motifs is 7. The molecule has 0 aromatic heterocycles. The van der Waals surface area contributed by atoms with Crippen LogP contribution in [0.5, 0.6) is 0 Å². The smallest absolute Gasteiger partial charge is 0.311 e. The van der Waals surface area contributed by atoms with Gasteiger partial charge in [-0.2, -0.15) is 0 Å². The predicted octanol–water partition coefficient (Wildman–Crippen LogP) is -1.18. The van der Waals surface area contributed by atoms with Gasteiger partial charge in [0.2, 0.25) is 6.29 Å². The Morgan fingerprint density at radius 1 is 0.731 bits per heavy atom. The van der Waals surface area contributed by atoms with Crippen LogP contribution in [-0.2, 0) is 33.2 Å². The Morgan fingerprint density at radius 3 is 2.04 bits per heavy atom. The van der Waals surface area contributed by atoms with Crippen LogP contribution in [0, 0.1) is 63.1 Å². The van der Waals surface area contributed by atoms with Crippen molar-refractivity contribution in [2.24, 2.45) is 63.1 Å². The van der Waals surface area contributed by atoms with E-state index in [-0.39, 0.29) is 58.4 Å². The molecule has 3 saturated heterocycles. The molecule has 0 unspecified atom stereocenters. The molecule has 8 aliphatic rings. The lowest BCUT2D eigenvalue weighted by Gasteiger charge is -2.71. The van der Waals surface area contributed by atoms with Gasteiger partial charge in [0.15, 0.2) is 12.6 Å². The van der Waals surface area contributed by atoms with E-state index in [1.807, 2.05) is 6.92 Å². The average molecular weight is 959 g/mol. The zero-order valence-electron chi connectivity index (χ0n) is 39.7. The summed E-state index contributed by atoms with van der Waals surface area (Å²) >= 11 is 0. The Bertz CT molecular complexity index is 1800. The normalized spacial score (nSPS) is 56.7. The summed E-state index contributed by atoms with van der Waals surface area (Å²) in [7, 11) is 0. The Morgan fingerprint density at radius 2 is 1.37 bits per heavy atom. The van der Waals surface area contributed by atoms with Crippen LogP contribution in [0.4, 0.5) is 0 Å². The third-order valence-corrected chi connectivity index (χ3v) is 19.6. The largest absolute Gasteiger partial charge is 0.432 e. The van der Waals surface area contributed by atoms with Gasteiger partial charge in [0, 0.05) is 5.41 Å². The predicted molar refractivity (Wildman–Crippen MR) is 231 cm³/mol. The fourth-order valence-electron chi connectivity index (χ4n) is 15.2. The van der Waals surface area contributed by atoms with E-state index in [2.05, 4.69) is 40.7 Å². The maximum absolute atomic E-state index is 14.5. The molecule has 8 rings (SSSR count). The van der Waals surface area contributed by atoms with Gasteiger partial charge in [-0.15, -0.1) is 0 Å². The fourth-order valence-corrected chi connectivity index (χ4v) is 15.2. The van der Waals surface area contributed by atoms with E-state index in [4.69, 9.17) is 28.4 Å². The maximum atomic E-state index is 14.5. The van der Waals surface area contributed by atoms with Crippen molar-refractivity contribution < 1.29 is 94.5 Å². The number of ether oxygens (including phenoxy) is 6. The van der Waals surface area contributed by atoms with Crippen molar-refractivity contribution in [2.45, 2.75) is 198 Å². The van der Waals surface area contributed by atoms with Crippen molar-refractivity contribution in [3.63, 3.8) is 0 Å². The van der Waals surface area contributed by atoms with Crippen molar-refractivity contribution in [3.8, 4) is 0 Å². The molecule has 7 fully saturated rings. The minimum absolute atomic E-state index is 0.0243. The fraction of sp³-hybridized carbons (Fsp3) is 0.938. The number of rotatable bonds is 9. The topological polar surface area (TPSA) is 315 Å². The van der Waals surface area contributed by atoms with Gasteiger partial charge in [0.1, 0.15) is 67.1 Å². The quantitative estimate of drug-likeness (QED) is 0.0957. The molecule has 28 atom stereocenters. The molecule has 0 aromatic rings. The molecule has 0 amide bonds. The molecule has 19 heteroatoms. The molecule has 19 nitrogen and oxygen atoms in total. The number of carbonyl (C=O) groups excluding carboxylic acids is 1. The second-order valence-corrected chi connectivity index (χ2v) is 22.9. The Hall–Kier alpha value is -1.47. The van der Waals surface area contributed by atoms with Gasteiger partial charge in [0.05, 0.1) is 44.1 Å². The van der Waals surface area contributed by atoms with Crippen LogP contribution in [0.2, 0.25) is 0 Å². The van der Waals surface area contributed by atoms with E-state index in [1.165, 1.54) is 12.5 Å². The first kappa shape index (κ1) is 51.9. The molecular formula is C48H78O19. The molecule has 3 aliphatic heterocycles. The van der Waals surface area contributed by atoms with Crippen LogP contribution >= 0.6 is 0 Å².